The molecular weight excluding hydrogens is 617 g/mol. The molecule has 4 atom stereocenters. The highest BCUT2D eigenvalue weighted by Crippen LogP contribution is 2.42. The van der Waals surface area contributed by atoms with Gasteiger partial charge in [-0.3, -0.25) is 9.59 Å². The van der Waals surface area contributed by atoms with Crippen LogP contribution in [0, 0.1) is 17.8 Å². The third kappa shape index (κ3) is 6.83. The van der Waals surface area contributed by atoms with Crippen molar-refractivity contribution in [1.29, 1.82) is 0 Å². The second-order valence-electron chi connectivity index (χ2n) is 12.4. The summed E-state index contributed by atoms with van der Waals surface area (Å²) in [7, 11) is 0. The summed E-state index contributed by atoms with van der Waals surface area (Å²) in [4.78, 5) is 39.5. The van der Waals surface area contributed by atoms with Gasteiger partial charge in [-0.15, -0.1) is 0 Å². The lowest BCUT2D eigenvalue weighted by Crippen LogP contribution is -2.47. The number of alkyl halides is 5. The van der Waals surface area contributed by atoms with E-state index in [1.165, 1.54) is 21.7 Å². The summed E-state index contributed by atoms with van der Waals surface area (Å²) < 4.78 is 78.2. The Kier molecular flexibility index (Phi) is 8.95. The number of halogens is 5. The van der Waals surface area contributed by atoms with E-state index in [2.05, 4.69) is 25.7 Å². The molecular formula is C29H36F5N9O3. The standard InChI is InChI=1S/C29H36F5N9O3/c1-2-42-24(36-15-37-42)26(45)39-23(17-4-3-7-28(30,31)12-17)21-14-43-27(38-21)40-22(16-5-8-46-9-6-16)20(41-43)11-18-10-19(29(32,33)34)13-35-25(18)44/h14-19,23H,2-13H2,1H3,(H,35,44)(H,39,45)/t17-,18+,19+,23-/m0/s1. The number of hydrogen-bond acceptors (Lipinski definition) is 8. The van der Waals surface area contributed by atoms with Gasteiger partial charge in [0.15, 0.2) is 0 Å². The molecule has 3 aromatic rings. The van der Waals surface area contributed by atoms with Crippen LogP contribution in [0.25, 0.3) is 5.78 Å². The number of rotatable bonds is 8. The summed E-state index contributed by atoms with van der Waals surface area (Å²) in [5.74, 6) is -7.23. The van der Waals surface area contributed by atoms with E-state index in [4.69, 9.17) is 14.8 Å². The molecule has 2 N–H and O–H groups in total. The van der Waals surface area contributed by atoms with E-state index in [0.29, 0.717) is 50.4 Å². The van der Waals surface area contributed by atoms with Crippen LogP contribution in [0.15, 0.2) is 12.5 Å². The van der Waals surface area contributed by atoms with Crippen LogP contribution in [0.4, 0.5) is 22.0 Å². The van der Waals surface area contributed by atoms with Crippen LogP contribution >= 0.6 is 0 Å². The fourth-order valence-corrected chi connectivity index (χ4v) is 6.84. The molecule has 5 heterocycles. The third-order valence-corrected chi connectivity index (χ3v) is 9.28. The Bertz CT molecular complexity index is 1570. The zero-order valence-corrected chi connectivity index (χ0v) is 25.3. The normalized spacial score (nSPS) is 24.9. The lowest BCUT2D eigenvalue weighted by Gasteiger charge is -2.34. The van der Waals surface area contributed by atoms with Gasteiger partial charge in [0.05, 0.1) is 35.2 Å². The maximum absolute atomic E-state index is 14.6. The fraction of sp³-hybridized carbons (Fsp3) is 0.690. The summed E-state index contributed by atoms with van der Waals surface area (Å²) in [5.41, 5.74) is 1.16. The third-order valence-electron chi connectivity index (χ3n) is 9.28. The number of imidazole rings is 1. The van der Waals surface area contributed by atoms with Gasteiger partial charge in [0.2, 0.25) is 17.7 Å². The molecule has 0 bridgehead atoms. The smallest absolute Gasteiger partial charge is 0.381 e. The van der Waals surface area contributed by atoms with Crippen molar-refractivity contribution in [2.75, 3.05) is 19.8 Å². The van der Waals surface area contributed by atoms with Crippen LogP contribution in [-0.2, 0) is 22.5 Å². The van der Waals surface area contributed by atoms with Crippen LogP contribution < -0.4 is 10.6 Å². The number of aromatic nitrogens is 7. The Balaban J connectivity index is 1.37. The zero-order valence-electron chi connectivity index (χ0n) is 25.3. The summed E-state index contributed by atoms with van der Waals surface area (Å²) >= 11 is 0. The molecule has 0 radical (unpaired) electrons. The number of nitrogens with one attached hydrogen (secondary N) is 2. The Hall–Kier alpha value is -3.76. The number of fused-ring (bicyclic) bond motifs is 1. The highest BCUT2D eigenvalue weighted by molar-refractivity contribution is 5.90. The first-order valence-corrected chi connectivity index (χ1v) is 15.7. The van der Waals surface area contributed by atoms with Crippen molar-refractivity contribution in [3.05, 3.63) is 35.4 Å². The van der Waals surface area contributed by atoms with E-state index < -0.39 is 60.7 Å². The second-order valence-corrected chi connectivity index (χ2v) is 12.4. The summed E-state index contributed by atoms with van der Waals surface area (Å²) in [6.07, 6.45) is -0.969. The topological polar surface area (TPSA) is 141 Å². The SMILES string of the molecule is CCn1ncnc1C(=O)N[C@H](c1cn2nc(C[C@H]3C[C@@H](C(F)(F)F)CNC3=O)c(C3CCOCC3)nc2n1)[C@H]1CCCC(F)(F)C1. The summed E-state index contributed by atoms with van der Waals surface area (Å²) in [6.45, 7) is 2.62. The van der Waals surface area contributed by atoms with Gasteiger partial charge in [-0.1, -0.05) is 0 Å². The number of piperidine rings is 1. The number of ether oxygens (including phenoxy) is 1. The Morgan fingerprint density at radius 1 is 1.22 bits per heavy atom. The first kappa shape index (κ1) is 32.2. The van der Waals surface area contributed by atoms with Gasteiger partial charge >= 0.3 is 6.18 Å². The number of carbonyl (C=O) groups is 2. The molecule has 0 aromatic carbocycles. The van der Waals surface area contributed by atoms with E-state index in [1.54, 1.807) is 6.92 Å². The zero-order chi connectivity index (χ0) is 32.6. The van der Waals surface area contributed by atoms with Crippen molar-refractivity contribution in [2.45, 2.75) is 88.9 Å². The van der Waals surface area contributed by atoms with Gasteiger partial charge in [-0.2, -0.15) is 23.4 Å². The van der Waals surface area contributed by atoms with E-state index in [0.717, 1.165) is 0 Å². The van der Waals surface area contributed by atoms with Crippen LogP contribution in [0.1, 0.15) is 91.5 Å². The lowest BCUT2D eigenvalue weighted by atomic mass is 9.80. The lowest BCUT2D eigenvalue weighted by molar-refractivity contribution is -0.183. The van der Waals surface area contributed by atoms with Gasteiger partial charge in [0.1, 0.15) is 6.33 Å². The molecule has 1 aliphatic carbocycles. The van der Waals surface area contributed by atoms with Gasteiger partial charge in [0, 0.05) is 57.4 Å². The largest absolute Gasteiger partial charge is 0.393 e. The molecule has 6 rings (SSSR count). The maximum atomic E-state index is 14.6. The highest BCUT2D eigenvalue weighted by atomic mass is 19.4. The van der Waals surface area contributed by atoms with Crippen LogP contribution in [0.2, 0.25) is 0 Å². The number of amides is 2. The van der Waals surface area contributed by atoms with Crippen LogP contribution in [-0.4, -0.2) is 78.0 Å². The van der Waals surface area contributed by atoms with E-state index >= 15 is 0 Å². The summed E-state index contributed by atoms with van der Waals surface area (Å²) in [5, 5.41) is 14.0. The molecule has 3 aromatic heterocycles. The van der Waals surface area contributed by atoms with Crippen molar-refractivity contribution in [3.8, 4) is 0 Å². The number of carbonyl (C=O) groups excluding carboxylic acids is 2. The van der Waals surface area contributed by atoms with Gasteiger partial charge in [-0.25, -0.2) is 32.9 Å². The van der Waals surface area contributed by atoms with E-state index in [1.807, 2.05) is 0 Å². The minimum absolute atomic E-state index is 0.0297. The van der Waals surface area contributed by atoms with Crippen molar-refractivity contribution in [2.24, 2.45) is 17.8 Å². The Morgan fingerprint density at radius 2 is 2.00 bits per heavy atom. The fourth-order valence-electron chi connectivity index (χ4n) is 6.84. The molecule has 46 heavy (non-hydrogen) atoms. The molecule has 12 nitrogen and oxygen atoms in total. The van der Waals surface area contributed by atoms with E-state index in [-0.39, 0.29) is 48.9 Å². The van der Waals surface area contributed by atoms with Crippen molar-refractivity contribution in [3.63, 3.8) is 0 Å². The van der Waals surface area contributed by atoms with E-state index in [9.17, 15) is 31.5 Å². The van der Waals surface area contributed by atoms with Gasteiger partial charge in [-0.05, 0) is 44.9 Å². The second kappa shape index (κ2) is 12.8. The number of aryl methyl sites for hydroxylation is 1. The minimum Gasteiger partial charge on any atom is -0.381 e. The first-order valence-electron chi connectivity index (χ1n) is 15.7. The average Bonchev–Trinajstić information content (AvgIpc) is 3.67. The molecule has 250 valence electrons. The summed E-state index contributed by atoms with van der Waals surface area (Å²) in [6, 6.07) is -0.934. The van der Waals surface area contributed by atoms with Gasteiger partial charge < -0.3 is 15.4 Å². The molecule has 3 fully saturated rings. The molecule has 2 saturated heterocycles. The molecule has 17 heteroatoms. The average molecular weight is 654 g/mol. The Labute approximate surface area is 260 Å². The number of nitrogens with zero attached hydrogens (tertiary/aromatic N) is 7. The number of hydrogen-bond donors (Lipinski definition) is 2. The molecule has 3 aliphatic rings. The molecule has 0 unspecified atom stereocenters. The van der Waals surface area contributed by atoms with Crippen molar-refractivity contribution in [1.82, 2.24) is 45.0 Å². The predicted octanol–water partition coefficient (Wildman–Crippen LogP) is 3.78. The minimum atomic E-state index is -4.45. The van der Waals surface area contributed by atoms with Crippen molar-refractivity contribution >= 4 is 17.6 Å². The molecule has 2 amide bonds. The molecule has 1 saturated carbocycles. The van der Waals surface area contributed by atoms with Gasteiger partial charge in [0.25, 0.3) is 11.7 Å². The molecule has 2 aliphatic heterocycles. The quantitative estimate of drug-likeness (QED) is 0.350. The monoisotopic (exact) mass is 653 g/mol. The van der Waals surface area contributed by atoms with Crippen LogP contribution in [0.3, 0.4) is 0 Å². The first-order chi connectivity index (χ1) is 21.9. The van der Waals surface area contributed by atoms with Crippen LogP contribution in [0.5, 0.6) is 0 Å². The predicted molar refractivity (Wildman–Crippen MR) is 151 cm³/mol. The van der Waals surface area contributed by atoms with Crippen molar-refractivity contribution < 1.29 is 36.3 Å². The maximum Gasteiger partial charge on any atom is 0.393 e. The Morgan fingerprint density at radius 3 is 2.72 bits per heavy atom. The highest BCUT2D eigenvalue weighted by Gasteiger charge is 2.45. The molecule has 0 spiro atoms.